The normalized spacial score (nSPS) is 10.7. The Balaban J connectivity index is 2.54. The van der Waals surface area contributed by atoms with E-state index in [9.17, 15) is 14.4 Å². The van der Waals surface area contributed by atoms with Crippen molar-refractivity contribution >= 4 is 28.8 Å². The van der Waals surface area contributed by atoms with E-state index in [2.05, 4.69) is 4.98 Å². The first-order chi connectivity index (χ1) is 11.5. The zero-order chi connectivity index (χ0) is 17.7. The van der Waals surface area contributed by atoms with Gasteiger partial charge >= 0.3 is 17.9 Å². The van der Waals surface area contributed by atoms with Gasteiger partial charge in [0.05, 0.1) is 25.9 Å². The molecule has 24 heavy (non-hydrogen) atoms. The van der Waals surface area contributed by atoms with Crippen molar-refractivity contribution in [2.45, 2.75) is 19.8 Å². The summed E-state index contributed by atoms with van der Waals surface area (Å²) in [6.07, 6.45) is 1.55. The lowest BCUT2D eigenvalue weighted by atomic mass is 9.97. The summed E-state index contributed by atoms with van der Waals surface area (Å²) < 4.78 is 14.7. The van der Waals surface area contributed by atoms with Crippen molar-refractivity contribution in [2.24, 2.45) is 0 Å². The van der Waals surface area contributed by atoms with Gasteiger partial charge in [-0.3, -0.25) is 9.59 Å². The van der Waals surface area contributed by atoms with Crippen molar-refractivity contribution in [3.8, 4) is 0 Å². The molecule has 2 aromatic rings. The van der Waals surface area contributed by atoms with E-state index in [-0.39, 0.29) is 13.2 Å². The van der Waals surface area contributed by atoms with Gasteiger partial charge in [-0.25, -0.2) is 4.79 Å². The van der Waals surface area contributed by atoms with Gasteiger partial charge in [0.15, 0.2) is 5.92 Å². The first-order valence-corrected chi connectivity index (χ1v) is 7.56. The first-order valence-electron chi connectivity index (χ1n) is 7.56. The Kier molecular flexibility index (Phi) is 5.57. The van der Waals surface area contributed by atoms with Crippen LogP contribution >= 0.6 is 0 Å². The molecule has 0 aliphatic carbocycles. The molecule has 1 N–H and O–H groups in total. The minimum Gasteiger partial charge on any atom is -0.465 e. The first kappa shape index (κ1) is 17.5. The van der Waals surface area contributed by atoms with Gasteiger partial charge < -0.3 is 19.2 Å². The summed E-state index contributed by atoms with van der Waals surface area (Å²) in [5, 5.41) is 0.559. The topological polar surface area (TPSA) is 94.7 Å². The number of nitrogens with one attached hydrogen (secondary N) is 1. The summed E-state index contributed by atoms with van der Waals surface area (Å²) in [5.41, 5.74) is 1.39. The lowest BCUT2D eigenvalue weighted by Gasteiger charge is -2.14. The molecule has 0 radical (unpaired) electrons. The highest BCUT2D eigenvalue weighted by atomic mass is 16.6. The van der Waals surface area contributed by atoms with Crippen LogP contribution in [-0.2, 0) is 23.8 Å². The van der Waals surface area contributed by atoms with Crippen molar-refractivity contribution in [1.82, 2.24) is 4.98 Å². The van der Waals surface area contributed by atoms with Crippen LogP contribution in [0.15, 0.2) is 24.4 Å². The minimum atomic E-state index is -1.22. The molecule has 0 saturated heterocycles. The van der Waals surface area contributed by atoms with Crippen molar-refractivity contribution in [3.63, 3.8) is 0 Å². The van der Waals surface area contributed by atoms with Gasteiger partial charge in [-0.1, -0.05) is 0 Å². The van der Waals surface area contributed by atoms with Gasteiger partial charge in [0, 0.05) is 22.7 Å². The molecule has 0 aliphatic heterocycles. The van der Waals surface area contributed by atoms with Crippen LogP contribution in [0.25, 0.3) is 10.9 Å². The summed E-state index contributed by atoms with van der Waals surface area (Å²) in [6, 6.07) is 4.84. The smallest absolute Gasteiger partial charge is 0.337 e. The SMILES string of the molecule is CCOC(=O)C(C(=O)OCC)c1c[nH]c2ccc(C(=O)OC)cc12. The summed E-state index contributed by atoms with van der Waals surface area (Å²) in [5.74, 6) is -3.11. The molecule has 128 valence electrons. The quantitative estimate of drug-likeness (QED) is 0.494. The van der Waals surface area contributed by atoms with Gasteiger partial charge in [-0.2, -0.15) is 0 Å². The summed E-state index contributed by atoms with van der Waals surface area (Å²) in [4.78, 5) is 39.2. The summed E-state index contributed by atoms with van der Waals surface area (Å²) in [6.45, 7) is 3.60. The third-order valence-electron chi connectivity index (χ3n) is 3.49. The number of carbonyl (C=O) groups excluding carboxylic acids is 3. The number of hydrogen-bond acceptors (Lipinski definition) is 6. The van der Waals surface area contributed by atoms with Crippen LogP contribution in [0.5, 0.6) is 0 Å². The fourth-order valence-corrected chi connectivity index (χ4v) is 2.43. The van der Waals surface area contributed by atoms with Gasteiger partial charge in [0.2, 0.25) is 0 Å². The molecule has 0 saturated carbocycles. The monoisotopic (exact) mass is 333 g/mol. The summed E-state index contributed by atoms with van der Waals surface area (Å²) >= 11 is 0. The highest BCUT2D eigenvalue weighted by Gasteiger charge is 2.33. The molecular weight excluding hydrogens is 314 g/mol. The molecule has 0 bridgehead atoms. The summed E-state index contributed by atoms with van der Waals surface area (Å²) in [7, 11) is 1.28. The number of H-pyrrole nitrogens is 1. The van der Waals surface area contributed by atoms with Gasteiger partial charge in [-0.05, 0) is 32.0 Å². The zero-order valence-electron chi connectivity index (χ0n) is 13.8. The van der Waals surface area contributed by atoms with Gasteiger partial charge in [-0.15, -0.1) is 0 Å². The Morgan fingerprint density at radius 3 is 2.25 bits per heavy atom. The number of hydrogen-bond donors (Lipinski definition) is 1. The fourth-order valence-electron chi connectivity index (χ4n) is 2.43. The molecule has 0 unspecified atom stereocenters. The molecule has 1 heterocycles. The Labute approximate surface area is 138 Å². The lowest BCUT2D eigenvalue weighted by Crippen LogP contribution is -2.26. The Hall–Kier alpha value is -2.83. The van der Waals surface area contributed by atoms with E-state index < -0.39 is 23.8 Å². The van der Waals surface area contributed by atoms with Crippen LogP contribution in [0.4, 0.5) is 0 Å². The van der Waals surface area contributed by atoms with E-state index in [1.807, 2.05) is 0 Å². The van der Waals surface area contributed by atoms with Crippen molar-refractivity contribution in [2.75, 3.05) is 20.3 Å². The fraction of sp³-hybridized carbons (Fsp3) is 0.353. The molecule has 7 heteroatoms. The lowest BCUT2D eigenvalue weighted by molar-refractivity contribution is -0.156. The molecule has 0 aliphatic rings. The van der Waals surface area contributed by atoms with Crippen LogP contribution in [0.3, 0.4) is 0 Å². The number of aromatic amines is 1. The third kappa shape index (κ3) is 3.40. The van der Waals surface area contributed by atoms with Crippen LogP contribution in [0, 0.1) is 0 Å². The average molecular weight is 333 g/mol. The number of aromatic nitrogens is 1. The molecular formula is C17H19NO6. The molecule has 2 rings (SSSR count). The van der Waals surface area contributed by atoms with Gasteiger partial charge in [0.1, 0.15) is 0 Å². The molecule has 0 amide bonds. The largest absolute Gasteiger partial charge is 0.465 e. The minimum absolute atomic E-state index is 0.143. The number of ether oxygens (including phenoxy) is 3. The van der Waals surface area contributed by atoms with Crippen LogP contribution in [-0.4, -0.2) is 43.2 Å². The third-order valence-corrected chi connectivity index (χ3v) is 3.49. The predicted octanol–water partition coefficient (Wildman–Crippen LogP) is 2.16. The number of fused-ring (bicyclic) bond motifs is 1. The molecule has 0 spiro atoms. The van der Waals surface area contributed by atoms with Crippen molar-refractivity contribution in [1.29, 1.82) is 0 Å². The van der Waals surface area contributed by atoms with Crippen LogP contribution in [0.1, 0.15) is 35.7 Å². The van der Waals surface area contributed by atoms with Crippen molar-refractivity contribution < 1.29 is 28.6 Å². The number of esters is 3. The van der Waals surface area contributed by atoms with E-state index in [1.165, 1.54) is 7.11 Å². The second-order valence-corrected chi connectivity index (χ2v) is 4.93. The Bertz CT molecular complexity index is 746. The second-order valence-electron chi connectivity index (χ2n) is 4.93. The van der Waals surface area contributed by atoms with Crippen molar-refractivity contribution in [3.05, 3.63) is 35.5 Å². The molecule has 0 atom stereocenters. The van der Waals surface area contributed by atoms with E-state index in [1.54, 1.807) is 38.2 Å². The van der Waals surface area contributed by atoms with E-state index in [0.29, 0.717) is 22.0 Å². The average Bonchev–Trinajstić information content (AvgIpc) is 2.98. The Morgan fingerprint density at radius 2 is 1.71 bits per heavy atom. The number of benzene rings is 1. The second kappa shape index (κ2) is 7.63. The maximum absolute atomic E-state index is 12.2. The van der Waals surface area contributed by atoms with Gasteiger partial charge in [0.25, 0.3) is 0 Å². The highest BCUT2D eigenvalue weighted by Crippen LogP contribution is 2.29. The molecule has 0 fully saturated rings. The molecule has 1 aromatic heterocycles. The highest BCUT2D eigenvalue weighted by molar-refractivity contribution is 6.05. The maximum atomic E-state index is 12.2. The molecule has 1 aromatic carbocycles. The van der Waals surface area contributed by atoms with Crippen LogP contribution in [0.2, 0.25) is 0 Å². The predicted molar refractivity (Wildman–Crippen MR) is 85.6 cm³/mol. The van der Waals surface area contributed by atoms with E-state index in [4.69, 9.17) is 14.2 Å². The van der Waals surface area contributed by atoms with E-state index >= 15 is 0 Å². The standard InChI is InChI=1S/C17H19NO6/c1-4-23-16(20)14(17(21)24-5-2)12-9-18-13-7-6-10(8-11(12)13)15(19)22-3/h6-9,14,18H,4-5H2,1-3H3. The number of carbonyl (C=O) groups is 3. The zero-order valence-corrected chi connectivity index (χ0v) is 13.8. The number of methoxy groups -OCH3 is 1. The molecule has 7 nitrogen and oxygen atoms in total. The van der Waals surface area contributed by atoms with E-state index in [0.717, 1.165) is 0 Å². The van der Waals surface area contributed by atoms with Crippen LogP contribution < -0.4 is 0 Å². The maximum Gasteiger partial charge on any atom is 0.337 e. The number of rotatable bonds is 6. The Morgan fingerprint density at radius 1 is 1.08 bits per heavy atom.